The number of nitrogens with one attached hydrogen (secondary N) is 3. The van der Waals surface area contributed by atoms with E-state index in [1.165, 1.54) is 30.5 Å². The van der Waals surface area contributed by atoms with E-state index in [9.17, 15) is 32.7 Å². The van der Waals surface area contributed by atoms with Gasteiger partial charge in [-0.1, -0.05) is 0 Å². The fourth-order valence-electron chi connectivity index (χ4n) is 2.31. The number of carbonyl (C=O) groups is 1. The lowest BCUT2D eigenvalue weighted by molar-refractivity contribution is -0.141. The minimum Gasteiger partial charge on any atom is -0.503 e. The maximum Gasteiger partial charge on any atom is 0.431 e. The third-order valence-corrected chi connectivity index (χ3v) is 3.63. The molecule has 0 radical (unpaired) electrons. The quantitative estimate of drug-likeness (QED) is 0.529. The smallest absolute Gasteiger partial charge is 0.431 e. The zero-order chi connectivity index (χ0) is 21.2. The molecular weight excluding hydrogens is 395 g/mol. The Balaban J connectivity index is 1.75. The SMILES string of the molecule is O=C(Nc1ccc(Oc2cc(C(F)(F)F)[nH]c(=O)c2)cc1)c1[nH]ccc(=O)c1O. The van der Waals surface area contributed by atoms with Crippen molar-refractivity contribution in [3.63, 3.8) is 0 Å². The minimum absolute atomic E-state index is 0.109. The number of aromatic hydroxyl groups is 1. The molecule has 1 aromatic carbocycles. The number of anilines is 1. The lowest BCUT2D eigenvalue weighted by Crippen LogP contribution is -2.17. The van der Waals surface area contributed by atoms with Crippen molar-refractivity contribution in [2.75, 3.05) is 5.32 Å². The standard InChI is InChI=1S/C18H12F3N3O5/c19-18(20,21)13-7-11(8-14(26)24-13)29-10-3-1-9(2-4-10)23-17(28)15-16(27)12(25)5-6-22-15/h1-8,27H,(H,22,25)(H,23,28)(H,24,26). The molecule has 4 N–H and O–H groups in total. The van der Waals surface area contributed by atoms with Gasteiger partial charge in [0.1, 0.15) is 17.2 Å². The second kappa shape index (κ2) is 7.54. The van der Waals surface area contributed by atoms with Crippen LogP contribution in [0.1, 0.15) is 16.2 Å². The average molecular weight is 407 g/mol. The van der Waals surface area contributed by atoms with Crippen LogP contribution in [0.3, 0.4) is 0 Å². The Morgan fingerprint density at radius 1 is 1.03 bits per heavy atom. The van der Waals surface area contributed by atoms with E-state index in [2.05, 4.69) is 10.3 Å². The third kappa shape index (κ3) is 4.64. The van der Waals surface area contributed by atoms with Crippen molar-refractivity contribution in [3.05, 3.63) is 80.6 Å². The average Bonchev–Trinajstić information content (AvgIpc) is 2.64. The van der Waals surface area contributed by atoms with E-state index in [1.54, 1.807) is 4.98 Å². The van der Waals surface area contributed by atoms with Crippen LogP contribution in [0.2, 0.25) is 0 Å². The Labute approximate surface area is 159 Å². The molecule has 0 atom stereocenters. The van der Waals surface area contributed by atoms with Gasteiger partial charge >= 0.3 is 6.18 Å². The molecule has 0 saturated heterocycles. The second-order valence-electron chi connectivity index (χ2n) is 5.74. The Morgan fingerprint density at radius 3 is 2.38 bits per heavy atom. The van der Waals surface area contributed by atoms with Crippen LogP contribution < -0.4 is 21.0 Å². The van der Waals surface area contributed by atoms with Crippen molar-refractivity contribution < 1.29 is 27.8 Å². The van der Waals surface area contributed by atoms with Gasteiger partial charge in [-0.05, 0) is 24.3 Å². The summed E-state index contributed by atoms with van der Waals surface area (Å²) in [6, 6.07) is 8.00. The van der Waals surface area contributed by atoms with Gasteiger partial charge in [0.05, 0.1) is 0 Å². The summed E-state index contributed by atoms with van der Waals surface area (Å²) in [5.41, 5.74) is -3.03. The van der Waals surface area contributed by atoms with Gasteiger partial charge < -0.3 is 25.1 Å². The van der Waals surface area contributed by atoms with E-state index in [-0.39, 0.29) is 22.9 Å². The molecule has 8 nitrogen and oxygen atoms in total. The number of H-pyrrole nitrogens is 2. The number of halogens is 3. The van der Waals surface area contributed by atoms with E-state index in [1.807, 2.05) is 0 Å². The molecule has 0 fully saturated rings. The first-order valence-corrected chi connectivity index (χ1v) is 7.95. The maximum atomic E-state index is 12.7. The van der Waals surface area contributed by atoms with Gasteiger partial charge in [-0.3, -0.25) is 14.4 Å². The summed E-state index contributed by atoms with van der Waals surface area (Å²) in [5.74, 6) is -1.72. The summed E-state index contributed by atoms with van der Waals surface area (Å²) in [6.07, 6.45) is -3.54. The van der Waals surface area contributed by atoms with Crippen LogP contribution in [0.15, 0.2) is 58.3 Å². The molecule has 3 rings (SSSR count). The lowest BCUT2D eigenvalue weighted by Gasteiger charge is -2.10. The number of amides is 1. The minimum atomic E-state index is -4.74. The van der Waals surface area contributed by atoms with Crippen LogP contribution in [0.4, 0.5) is 18.9 Å². The summed E-state index contributed by atoms with van der Waals surface area (Å²) in [7, 11) is 0. The number of alkyl halides is 3. The van der Waals surface area contributed by atoms with Crippen LogP contribution >= 0.6 is 0 Å². The van der Waals surface area contributed by atoms with Gasteiger partial charge in [-0.15, -0.1) is 0 Å². The summed E-state index contributed by atoms with van der Waals surface area (Å²) < 4.78 is 43.5. The Kier molecular flexibility index (Phi) is 5.13. The lowest BCUT2D eigenvalue weighted by atomic mass is 10.2. The van der Waals surface area contributed by atoms with Gasteiger partial charge in [0.15, 0.2) is 11.4 Å². The summed E-state index contributed by atoms with van der Waals surface area (Å²) in [5, 5.41) is 12.1. The number of carbonyl (C=O) groups excluding carboxylic acids is 1. The zero-order valence-corrected chi connectivity index (χ0v) is 14.3. The van der Waals surface area contributed by atoms with Gasteiger partial charge in [0.25, 0.3) is 11.5 Å². The number of aromatic amines is 2. The Bertz CT molecular complexity index is 1170. The highest BCUT2D eigenvalue weighted by Crippen LogP contribution is 2.30. The van der Waals surface area contributed by atoms with Crippen molar-refractivity contribution in [2.45, 2.75) is 6.18 Å². The molecule has 0 unspecified atom stereocenters. The molecule has 11 heteroatoms. The van der Waals surface area contributed by atoms with E-state index in [4.69, 9.17) is 4.74 Å². The number of benzene rings is 1. The molecule has 1 amide bonds. The van der Waals surface area contributed by atoms with Crippen molar-refractivity contribution in [3.8, 4) is 17.2 Å². The fourth-order valence-corrected chi connectivity index (χ4v) is 2.31. The second-order valence-corrected chi connectivity index (χ2v) is 5.74. The van der Waals surface area contributed by atoms with Crippen molar-refractivity contribution in [1.29, 1.82) is 0 Å². The Hall–Kier alpha value is -4.02. The molecule has 2 heterocycles. The molecule has 0 bridgehead atoms. The molecule has 2 aromatic heterocycles. The highest BCUT2D eigenvalue weighted by molar-refractivity contribution is 6.04. The molecule has 0 aliphatic rings. The Morgan fingerprint density at radius 2 is 1.72 bits per heavy atom. The summed E-state index contributed by atoms with van der Waals surface area (Å²) >= 11 is 0. The first kappa shape index (κ1) is 19.7. The van der Waals surface area contributed by atoms with Crippen LogP contribution in [0.5, 0.6) is 17.2 Å². The van der Waals surface area contributed by atoms with Crippen LogP contribution in [0, 0.1) is 0 Å². The number of aromatic nitrogens is 2. The monoisotopic (exact) mass is 407 g/mol. The van der Waals surface area contributed by atoms with Crippen molar-refractivity contribution in [2.24, 2.45) is 0 Å². The molecule has 150 valence electrons. The van der Waals surface area contributed by atoms with Crippen molar-refractivity contribution in [1.82, 2.24) is 9.97 Å². The number of hydrogen-bond acceptors (Lipinski definition) is 5. The fraction of sp³-hybridized carbons (Fsp3) is 0.0556. The van der Waals surface area contributed by atoms with Crippen LogP contribution in [-0.4, -0.2) is 21.0 Å². The zero-order valence-electron chi connectivity index (χ0n) is 14.3. The maximum absolute atomic E-state index is 12.7. The molecule has 0 saturated carbocycles. The van der Waals surface area contributed by atoms with Crippen LogP contribution in [-0.2, 0) is 6.18 Å². The van der Waals surface area contributed by atoms with E-state index in [0.29, 0.717) is 6.07 Å². The number of hydrogen-bond donors (Lipinski definition) is 4. The highest BCUT2D eigenvalue weighted by atomic mass is 19.4. The van der Waals surface area contributed by atoms with Crippen LogP contribution in [0.25, 0.3) is 0 Å². The predicted molar refractivity (Wildman–Crippen MR) is 95.3 cm³/mol. The molecule has 29 heavy (non-hydrogen) atoms. The first-order valence-electron chi connectivity index (χ1n) is 7.95. The highest BCUT2D eigenvalue weighted by Gasteiger charge is 2.32. The number of rotatable bonds is 4. The largest absolute Gasteiger partial charge is 0.503 e. The molecule has 3 aromatic rings. The van der Waals surface area contributed by atoms with E-state index >= 15 is 0 Å². The van der Waals surface area contributed by atoms with Gasteiger partial charge in [0, 0.05) is 30.1 Å². The summed E-state index contributed by atoms with van der Waals surface area (Å²) in [4.78, 5) is 39.0. The number of pyridine rings is 2. The third-order valence-electron chi connectivity index (χ3n) is 3.63. The molecule has 0 aliphatic carbocycles. The van der Waals surface area contributed by atoms with Gasteiger partial charge in [0.2, 0.25) is 5.43 Å². The van der Waals surface area contributed by atoms with Crippen molar-refractivity contribution >= 4 is 11.6 Å². The van der Waals surface area contributed by atoms with Gasteiger partial charge in [-0.25, -0.2) is 0 Å². The summed E-state index contributed by atoms with van der Waals surface area (Å²) in [6.45, 7) is 0. The van der Waals surface area contributed by atoms with E-state index in [0.717, 1.165) is 12.1 Å². The molecule has 0 aliphatic heterocycles. The topological polar surface area (TPSA) is 124 Å². The molecular formula is C18H12F3N3O5. The van der Waals surface area contributed by atoms with Gasteiger partial charge in [-0.2, -0.15) is 13.2 Å². The molecule has 0 spiro atoms. The normalized spacial score (nSPS) is 11.1. The number of ether oxygens (including phenoxy) is 1. The van der Waals surface area contributed by atoms with E-state index < -0.39 is 34.5 Å². The first-order chi connectivity index (χ1) is 13.6. The predicted octanol–water partition coefficient (Wildman–Crippen LogP) is 2.83.